The zero-order valence-corrected chi connectivity index (χ0v) is 15.1. The minimum Gasteiger partial charge on any atom is -0.465 e. The van der Waals surface area contributed by atoms with Crippen molar-refractivity contribution < 1.29 is 22.7 Å². The third-order valence-corrected chi connectivity index (χ3v) is 5.22. The molecule has 0 aliphatic carbocycles. The number of carbonyl (C=O) groups excluding carboxylic acids is 2. The second kappa shape index (κ2) is 7.40. The Kier molecular flexibility index (Phi) is 5.71. The maximum absolute atomic E-state index is 12.3. The first kappa shape index (κ1) is 18.5. The van der Waals surface area contributed by atoms with Crippen molar-refractivity contribution in [2.45, 2.75) is 12.8 Å². The molecule has 0 radical (unpaired) electrons. The molecular formula is C15H19ClN2O5S. The average molecular weight is 375 g/mol. The van der Waals surface area contributed by atoms with Gasteiger partial charge >= 0.3 is 5.97 Å². The van der Waals surface area contributed by atoms with Crippen LogP contribution in [0.15, 0.2) is 18.2 Å². The lowest BCUT2D eigenvalue weighted by Gasteiger charge is -2.25. The highest BCUT2D eigenvalue weighted by atomic mass is 35.5. The first-order valence-corrected chi connectivity index (χ1v) is 9.60. The first-order chi connectivity index (χ1) is 11.2. The summed E-state index contributed by atoms with van der Waals surface area (Å²) in [5.74, 6) is -0.912. The van der Waals surface area contributed by atoms with E-state index < -0.39 is 16.0 Å². The molecule has 9 heteroatoms. The second-order valence-corrected chi connectivity index (χ2v) is 7.83. The number of amides is 1. The molecule has 1 aliphatic heterocycles. The molecule has 2 rings (SSSR count). The van der Waals surface area contributed by atoms with E-state index in [1.54, 1.807) is 4.90 Å². The highest BCUT2D eigenvalue weighted by molar-refractivity contribution is 7.92. The Bertz CT molecular complexity index is 744. The monoisotopic (exact) mass is 374 g/mol. The Balaban J connectivity index is 2.37. The van der Waals surface area contributed by atoms with Crippen LogP contribution >= 0.6 is 11.6 Å². The van der Waals surface area contributed by atoms with E-state index >= 15 is 0 Å². The van der Waals surface area contributed by atoms with Gasteiger partial charge in [0.15, 0.2) is 0 Å². The fraction of sp³-hybridized carbons (Fsp3) is 0.467. The lowest BCUT2D eigenvalue weighted by atomic mass is 10.2. The van der Waals surface area contributed by atoms with Crippen molar-refractivity contribution in [2.75, 3.05) is 37.3 Å². The van der Waals surface area contributed by atoms with Gasteiger partial charge in [-0.25, -0.2) is 13.2 Å². The average Bonchev–Trinajstić information content (AvgIpc) is 3.06. The Labute approximate surface area is 146 Å². The molecule has 132 valence electrons. The molecule has 0 aromatic heterocycles. The van der Waals surface area contributed by atoms with Crippen LogP contribution in [0.1, 0.15) is 23.2 Å². The smallest absolute Gasteiger partial charge is 0.337 e. The van der Waals surface area contributed by atoms with Gasteiger partial charge in [-0.05, 0) is 31.0 Å². The summed E-state index contributed by atoms with van der Waals surface area (Å²) in [6.45, 7) is 0.877. The van der Waals surface area contributed by atoms with Crippen LogP contribution in [0.2, 0.25) is 5.02 Å². The number of hydrogen-bond acceptors (Lipinski definition) is 5. The highest BCUT2D eigenvalue weighted by Crippen LogP contribution is 2.29. The van der Waals surface area contributed by atoms with Gasteiger partial charge in [-0.1, -0.05) is 11.6 Å². The Morgan fingerprint density at radius 3 is 2.46 bits per heavy atom. The number of sulfonamides is 1. The van der Waals surface area contributed by atoms with E-state index in [-0.39, 0.29) is 28.7 Å². The maximum Gasteiger partial charge on any atom is 0.337 e. The molecule has 1 aromatic carbocycles. The molecule has 0 N–H and O–H groups in total. The summed E-state index contributed by atoms with van der Waals surface area (Å²) in [6.07, 6.45) is 2.80. The molecule has 1 aromatic rings. The molecular weight excluding hydrogens is 356 g/mol. The van der Waals surface area contributed by atoms with E-state index in [1.165, 1.54) is 25.3 Å². The zero-order chi connectivity index (χ0) is 17.9. The first-order valence-electron chi connectivity index (χ1n) is 7.37. The van der Waals surface area contributed by atoms with Crippen LogP contribution in [0, 0.1) is 0 Å². The van der Waals surface area contributed by atoms with Gasteiger partial charge in [-0.3, -0.25) is 9.10 Å². The molecule has 1 fully saturated rings. The Morgan fingerprint density at radius 1 is 1.29 bits per heavy atom. The number of likely N-dealkylation sites (tertiary alicyclic amines) is 1. The number of hydrogen-bond donors (Lipinski definition) is 0. The summed E-state index contributed by atoms with van der Waals surface area (Å²) in [6, 6.07) is 4.15. The van der Waals surface area contributed by atoms with Gasteiger partial charge in [0.2, 0.25) is 15.9 Å². The Hall–Kier alpha value is -1.80. The zero-order valence-electron chi connectivity index (χ0n) is 13.5. The van der Waals surface area contributed by atoms with Crippen molar-refractivity contribution in [3.05, 3.63) is 28.8 Å². The minimum atomic E-state index is -3.76. The number of benzene rings is 1. The minimum absolute atomic E-state index is 0.0783. The molecule has 1 saturated heterocycles. The van der Waals surface area contributed by atoms with E-state index in [2.05, 4.69) is 4.74 Å². The van der Waals surface area contributed by atoms with Crippen molar-refractivity contribution in [3.8, 4) is 0 Å². The molecule has 1 amide bonds. The number of carbonyl (C=O) groups is 2. The molecule has 0 bridgehead atoms. The topological polar surface area (TPSA) is 84.0 Å². The SMILES string of the molecule is COC(=O)c1ccc(Cl)c(N(CC(=O)N2CCCC2)S(C)(=O)=O)c1. The predicted molar refractivity (Wildman–Crippen MR) is 90.8 cm³/mol. The van der Waals surface area contributed by atoms with Crippen LogP contribution in [0.5, 0.6) is 0 Å². The third-order valence-electron chi connectivity index (χ3n) is 3.77. The van der Waals surface area contributed by atoms with Crippen LogP contribution in [-0.2, 0) is 19.6 Å². The maximum atomic E-state index is 12.3. The van der Waals surface area contributed by atoms with Gasteiger partial charge in [0.25, 0.3) is 0 Å². The van der Waals surface area contributed by atoms with Crippen molar-refractivity contribution in [1.29, 1.82) is 0 Å². The standard InChI is InChI=1S/C15H19ClN2O5S/c1-23-15(20)11-5-6-12(16)13(9-11)18(24(2,21)22)10-14(19)17-7-3-4-8-17/h5-6,9H,3-4,7-8,10H2,1-2H3. The molecule has 0 unspecified atom stereocenters. The second-order valence-electron chi connectivity index (χ2n) is 5.52. The lowest BCUT2D eigenvalue weighted by Crippen LogP contribution is -2.41. The van der Waals surface area contributed by atoms with Crippen LogP contribution in [0.3, 0.4) is 0 Å². The van der Waals surface area contributed by atoms with E-state index in [0.29, 0.717) is 13.1 Å². The molecule has 0 saturated carbocycles. The summed E-state index contributed by atoms with van der Waals surface area (Å²) in [5.41, 5.74) is 0.230. The van der Waals surface area contributed by atoms with Crippen molar-refractivity contribution in [1.82, 2.24) is 4.90 Å². The normalized spacial score (nSPS) is 14.5. The largest absolute Gasteiger partial charge is 0.465 e. The molecule has 0 spiro atoms. The van der Waals surface area contributed by atoms with Crippen LogP contribution in [-0.4, -0.2) is 58.2 Å². The van der Waals surface area contributed by atoms with Gasteiger partial charge in [-0.2, -0.15) is 0 Å². The predicted octanol–water partition coefficient (Wildman–Crippen LogP) is 1.52. The molecule has 0 atom stereocenters. The van der Waals surface area contributed by atoms with Crippen LogP contribution in [0.25, 0.3) is 0 Å². The Morgan fingerprint density at radius 2 is 1.92 bits per heavy atom. The fourth-order valence-corrected chi connectivity index (χ4v) is 3.64. The summed E-state index contributed by atoms with van der Waals surface area (Å²) < 4.78 is 29.9. The molecule has 1 aliphatic rings. The molecule has 24 heavy (non-hydrogen) atoms. The van der Waals surface area contributed by atoms with Crippen LogP contribution < -0.4 is 4.31 Å². The van der Waals surface area contributed by atoms with E-state index in [9.17, 15) is 18.0 Å². The van der Waals surface area contributed by atoms with Gasteiger partial charge in [-0.15, -0.1) is 0 Å². The van der Waals surface area contributed by atoms with Crippen molar-refractivity contribution in [2.24, 2.45) is 0 Å². The van der Waals surface area contributed by atoms with Crippen LogP contribution in [0.4, 0.5) is 5.69 Å². The number of methoxy groups -OCH3 is 1. The third kappa shape index (κ3) is 4.18. The number of ether oxygens (including phenoxy) is 1. The summed E-state index contributed by atoms with van der Waals surface area (Å²) in [5, 5.41) is 0.127. The van der Waals surface area contributed by atoms with E-state index in [4.69, 9.17) is 11.6 Å². The van der Waals surface area contributed by atoms with E-state index in [0.717, 1.165) is 23.4 Å². The number of anilines is 1. The summed E-state index contributed by atoms with van der Waals surface area (Å²) >= 11 is 6.10. The summed E-state index contributed by atoms with van der Waals surface area (Å²) in [7, 11) is -2.54. The molecule has 7 nitrogen and oxygen atoms in total. The van der Waals surface area contributed by atoms with Gasteiger partial charge in [0.1, 0.15) is 6.54 Å². The quantitative estimate of drug-likeness (QED) is 0.729. The highest BCUT2D eigenvalue weighted by Gasteiger charge is 2.27. The fourth-order valence-electron chi connectivity index (χ4n) is 2.52. The van der Waals surface area contributed by atoms with Crippen molar-refractivity contribution in [3.63, 3.8) is 0 Å². The number of halogens is 1. The van der Waals surface area contributed by atoms with E-state index in [1.807, 2.05) is 0 Å². The molecule has 1 heterocycles. The van der Waals surface area contributed by atoms with Crippen molar-refractivity contribution >= 4 is 39.2 Å². The summed E-state index contributed by atoms with van der Waals surface area (Å²) in [4.78, 5) is 25.6. The number of esters is 1. The van der Waals surface area contributed by atoms with Gasteiger partial charge in [0.05, 0.1) is 29.6 Å². The number of rotatable bonds is 5. The van der Waals surface area contributed by atoms with Gasteiger partial charge < -0.3 is 9.64 Å². The lowest BCUT2D eigenvalue weighted by molar-refractivity contribution is -0.128. The van der Waals surface area contributed by atoms with Gasteiger partial charge in [0, 0.05) is 13.1 Å². The number of nitrogens with zero attached hydrogens (tertiary/aromatic N) is 2.